The summed E-state index contributed by atoms with van der Waals surface area (Å²) < 4.78 is 5.39. The molecule has 1 aliphatic heterocycles. The molecule has 0 saturated carbocycles. The van der Waals surface area contributed by atoms with Crippen molar-refractivity contribution >= 4 is 5.91 Å². The van der Waals surface area contributed by atoms with Crippen LogP contribution in [0, 0.1) is 0 Å². The first kappa shape index (κ1) is 11.1. The zero-order valence-electron chi connectivity index (χ0n) is 10.1. The zero-order valence-corrected chi connectivity index (χ0v) is 10.1. The number of nitrogens with zero attached hydrogens (tertiary/aromatic N) is 1. The standard InChI is InChI=1S/C15H15NO2/c17-15-9-13(14-7-4-8-18-14)11-16(15)10-12-5-2-1-3-6-12/h1-8,13H,9-11H2/t13-/m1/s1. The predicted octanol–water partition coefficient (Wildman–Crippen LogP) is 2.80. The van der Waals surface area contributed by atoms with Crippen LogP contribution < -0.4 is 0 Å². The van der Waals surface area contributed by atoms with Crippen LogP contribution in [0.15, 0.2) is 53.1 Å². The van der Waals surface area contributed by atoms with E-state index in [1.54, 1.807) is 6.26 Å². The Balaban J connectivity index is 1.70. The number of furan rings is 1. The third-order valence-corrected chi connectivity index (χ3v) is 3.38. The molecule has 0 spiro atoms. The molecule has 1 atom stereocenters. The van der Waals surface area contributed by atoms with Crippen molar-refractivity contribution in [3.8, 4) is 0 Å². The quantitative estimate of drug-likeness (QED) is 0.828. The lowest BCUT2D eigenvalue weighted by atomic mass is 10.1. The van der Waals surface area contributed by atoms with Gasteiger partial charge in [0.25, 0.3) is 0 Å². The fourth-order valence-corrected chi connectivity index (χ4v) is 2.44. The molecule has 1 amide bonds. The van der Waals surface area contributed by atoms with E-state index in [2.05, 4.69) is 0 Å². The minimum atomic E-state index is 0.205. The van der Waals surface area contributed by atoms with Crippen LogP contribution in [-0.4, -0.2) is 17.4 Å². The van der Waals surface area contributed by atoms with Crippen LogP contribution >= 0.6 is 0 Å². The first-order chi connectivity index (χ1) is 8.83. The summed E-state index contributed by atoms with van der Waals surface area (Å²) in [6, 6.07) is 13.9. The highest BCUT2D eigenvalue weighted by Crippen LogP contribution is 2.29. The van der Waals surface area contributed by atoms with Gasteiger partial charge in [-0.15, -0.1) is 0 Å². The maximum atomic E-state index is 12.0. The maximum absolute atomic E-state index is 12.0. The Labute approximate surface area is 106 Å². The Hall–Kier alpha value is -2.03. The largest absolute Gasteiger partial charge is 0.469 e. The van der Waals surface area contributed by atoms with Crippen molar-refractivity contribution in [2.45, 2.75) is 18.9 Å². The Kier molecular flexibility index (Phi) is 2.89. The Morgan fingerprint density at radius 3 is 2.72 bits per heavy atom. The molecule has 92 valence electrons. The summed E-state index contributed by atoms with van der Waals surface area (Å²) in [5, 5.41) is 0. The summed E-state index contributed by atoms with van der Waals surface area (Å²) in [4.78, 5) is 13.9. The summed E-state index contributed by atoms with van der Waals surface area (Å²) in [6.07, 6.45) is 2.22. The van der Waals surface area contributed by atoms with Gasteiger partial charge in [0, 0.05) is 25.4 Å². The van der Waals surface area contributed by atoms with Crippen LogP contribution in [0.4, 0.5) is 0 Å². The van der Waals surface area contributed by atoms with Gasteiger partial charge in [-0.1, -0.05) is 30.3 Å². The summed E-state index contributed by atoms with van der Waals surface area (Å²) in [6.45, 7) is 1.44. The molecule has 1 aromatic heterocycles. The van der Waals surface area contributed by atoms with Gasteiger partial charge in [-0.3, -0.25) is 4.79 Å². The molecule has 0 N–H and O–H groups in total. The van der Waals surface area contributed by atoms with E-state index < -0.39 is 0 Å². The predicted molar refractivity (Wildman–Crippen MR) is 67.9 cm³/mol. The number of likely N-dealkylation sites (tertiary alicyclic amines) is 1. The van der Waals surface area contributed by atoms with Gasteiger partial charge in [-0.05, 0) is 17.7 Å². The number of benzene rings is 1. The van der Waals surface area contributed by atoms with E-state index >= 15 is 0 Å². The molecule has 3 rings (SSSR count). The van der Waals surface area contributed by atoms with Crippen LogP contribution in [0.1, 0.15) is 23.7 Å². The first-order valence-corrected chi connectivity index (χ1v) is 6.18. The minimum Gasteiger partial charge on any atom is -0.469 e. The van der Waals surface area contributed by atoms with Crippen LogP contribution in [0.5, 0.6) is 0 Å². The average molecular weight is 241 g/mol. The summed E-state index contributed by atoms with van der Waals surface area (Å²) in [5.74, 6) is 1.33. The van der Waals surface area contributed by atoms with E-state index in [0.717, 1.165) is 12.3 Å². The number of amides is 1. The van der Waals surface area contributed by atoms with Crippen LogP contribution in [0.3, 0.4) is 0 Å². The Bertz CT molecular complexity index is 519. The van der Waals surface area contributed by atoms with Crippen molar-refractivity contribution in [3.05, 3.63) is 60.1 Å². The molecule has 0 bridgehead atoms. The van der Waals surface area contributed by atoms with E-state index in [1.807, 2.05) is 47.4 Å². The maximum Gasteiger partial charge on any atom is 0.223 e. The molecule has 1 aromatic carbocycles. The summed E-state index contributed by atoms with van der Waals surface area (Å²) in [5.41, 5.74) is 1.17. The molecule has 1 fully saturated rings. The second-order valence-corrected chi connectivity index (χ2v) is 4.68. The highest BCUT2D eigenvalue weighted by molar-refractivity contribution is 5.79. The fourth-order valence-electron chi connectivity index (χ4n) is 2.44. The molecule has 1 aliphatic rings. The lowest BCUT2D eigenvalue weighted by molar-refractivity contribution is -0.128. The molecule has 2 heterocycles. The molecule has 3 heteroatoms. The topological polar surface area (TPSA) is 33.5 Å². The van der Waals surface area contributed by atoms with E-state index in [4.69, 9.17) is 4.42 Å². The lowest BCUT2D eigenvalue weighted by Gasteiger charge is -2.16. The Morgan fingerprint density at radius 2 is 2.00 bits per heavy atom. The molecule has 1 saturated heterocycles. The number of carbonyl (C=O) groups excluding carboxylic acids is 1. The normalized spacial score (nSPS) is 19.4. The second-order valence-electron chi connectivity index (χ2n) is 4.68. The molecule has 0 aliphatic carbocycles. The fraction of sp³-hybridized carbons (Fsp3) is 0.267. The molecule has 0 unspecified atom stereocenters. The van der Waals surface area contributed by atoms with Crippen molar-refractivity contribution in [1.29, 1.82) is 0 Å². The van der Waals surface area contributed by atoms with Crippen molar-refractivity contribution < 1.29 is 9.21 Å². The zero-order chi connectivity index (χ0) is 12.4. The first-order valence-electron chi connectivity index (χ1n) is 6.18. The van der Waals surface area contributed by atoms with E-state index in [9.17, 15) is 4.79 Å². The molecule has 0 radical (unpaired) electrons. The number of rotatable bonds is 3. The van der Waals surface area contributed by atoms with E-state index in [-0.39, 0.29) is 11.8 Å². The second kappa shape index (κ2) is 4.69. The molecular formula is C15H15NO2. The van der Waals surface area contributed by atoms with Crippen LogP contribution in [0.2, 0.25) is 0 Å². The molecule has 3 nitrogen and oxygen atoms in total. The lowest BCUT2D eigenvalue weighted by Crippen LogP contribution is -2.24. The van der Waals surface area contributed by atoms with Crippen molar-refractivity contribution in [3.63, 3.8) is 0 Å². The highest BCUT2D eigenvalue weighted by atomic mass is 16.3. The van der Waals surface area contributed by atoms with Gasteiger partial charge < -0.3 is 9.32 Å². The van der Waals surface area contributed by atoms with Gasteiger partial charge >= 0.3 is 0 Å². The van der Waals surface area contributed by atoms with Crippen molar-refractivity contribution in [2.75, 3.05) is 6.54 Å². The van der Waals surface area contributed by atoms with Crippen molar-refractivity contribution in [1.82, 2.24) is 4.90 Å². The van der Waals surface area contributed by atoms with Crippen molar-refractivity contribution in [2.24, 2.45) is 0 Å². The average Bonchev–Trinajstić information content (AvgIpc) is 3.01. The van der Waals surface area contributed by atoms with Gasteiger partial charge in [-0.25, -0.2) is 0 Å². The summed E-state index contributed by atoms with van der Waals surface area (Å²) >= 11 is 0. The van der Waals surface area contributed by atoms with E-state index in [1.165, 1.54) is 5.56 Å². The van der Waals surface area contributed by atoms with Crippen LogP contribution in [0.25, 0.3) is 0 Å². The van der Waals surface area contributed by atoms with E-state index in [0.29, 0.717) is 13.0 Å². The number of hydrogen-bond acceptors (Lipinski definition) is 2. The summed E-state index contributed by atoms with van der Waals surface area (Å²) in [7, 11) is 0. The van der Waals surface area contributed by atoms with Gasteiger partial charge in [0.15, 0.2) is 0 Å². The number of hydrogen-bond donors (Lipinski definition) is 0. The molecular weight excluding hydrogens is 226 g/mol. The monoisotopic (exact) mass is 241 g/mol. The molecule has 2 aromatic rings. The minimum absolute atomic E-state index is 0.205. The Morgan fingerprint density at radius 1 is 1.17 bits per heavy atom. The number of carbonyl (C=O) groups is 1. The highest BCUT2D eigenvalue weighted by Gasteiger charge is 2.31. The smallest absolute Gasteiger partial charge is 0.223 e. The SMILES string of the molecule is O=C1C[C@@H](c2ccco2)CN1Cc1ccccc1. The van der Waals surface area contributed by atoms with Gasteiger partial charge in [0.1, 0.15) is 5.76 Å². The molecule has 18 heavy (non-hydrogen) atoms. The van der Waals surface area contributed by atoms with Gasteiger partial charge in [0.2, 0.25) is 5.91 Å². The third-order valence-electron chi connectivity index (χ3n) is 3.38. The van der Waals surface area contributed by atoms with Crippen LogP contribution in [-0.2, 0) is 11.3 Å². The van der Waals surface area contributed by atoms with Gasteiger partial charge in [-0.2, -0.15) is 0 Å². The third kappa shape index (κ3) is 2.16. The van der Waals surface area contributed by atoms with Gasteiger partial charge in [0.05, 0.1) is 6.26 Å².